The Morgan fingerprint density at radius 3 is 2.77 bits per heavy atom. The van der Waals surface area contributed by atoms with E-state index >= 15 is 0 Å². The van der Waals surface area contributed by atoms with Crippen molar-refractivity contribution < 1.29 is 24.1 Å². The van der Waals surface area contributed by atoms with Crippen LogP contribution in [0.4, 0.5) is 0 Å². The predicted octanol–water partition coefficient (Wildman–Crippen LogP) is 2.11. The van der Waals surface area contributed by atoms with E-state index in [0.29, 0.717) is 24.9 Å². The number of piperidine rings is 1. The molecule has 2 atom stereocenters. The Hall–Kier alpha value is -1.95. The first-order valence-corrected chi connectivity index (χ1v) is 7.52. The Balaban J connectivity index is 1.81. The van der Waals surface area contributed by atoms with Crippen molar-refractivity contribution in [3.05, 3.63) is 17.7 Å². The van der Waals surface area contributed by atoms with Gasteiger partial charge in [0.15, 0.2) is 11.5 Å². The van der Waals surface area contributed by atoms with Crippen LogP contribution in [-0.2, 0) is 11.3 Å². The van der Waals surface area contributed by atoms with Gasteiger partial charge in [-0.15, -0.1) is 0 Å². The van der Waals surface area contributed by atoms with Gasteiger partial charge >= 0.3 is 5.97 Å². The molecule has 0 amide bonds. The van der Waals surface area contributed by atoms with Crippen molar-refractivity contribution in [2.75, 3.05) is 20.4 Å². The summed E-state index contributed by atoms with van der Waals surface area (Å²) in [7, 11) is 1.63. The number of rotatable bonds is 4. The van der Waals surface area contributed by atoms with E-state index in [9.17, 15) is 9.90 Å². The summed E-state index contributed by atoms with van der Waals surface area (Å²) in [6.07, 6.45) is 1.63. The number of carboxylic acid groups (broad SMARTS) is 1. The lowest BCUT2D eigenvalue weighted by molar-refractivity contribution is -0.144. The molecular formula is C16H21NO5. The monoisotopic (exact) mass is 307 g/mol. The highest BCUT2D eigenvalue weighted by atomic mass is 16.7. The summed E-state index contributed by atoms with van der Waals surface area (Å²) in [6, 6.07) is 4.12. The van der Waals surface area contributed by atoms with E-state index in [-0.39, 0.29) is 12.7 Å². The maximum atomic E-state index is 11.2. The van der Waals surface area contributed by atoms with E-state index in [1.165, 1.54) is 0 Å². The second-order valence-electron chi connectivity index (χ2n) is 5.91. The first-order valence-electron chi connectivity index (χ1n) is 7.52. The number of carboxylic acids is 1. The molecule has 0 spiro atoms. The number of hydrogen-bond donors (Lipinski definition) is 1. The molecule has 0 radical (unpaired) electrons. The van der Waals surface area contributed by atoms with Crippen molar-refractivity contribution in [2.45, 2.75) is 32.4 Å². The fraction of sp³-hybridized carbons (Fsp3) is 0.562. The standard InChI is InChI=1S/C16H21NO5/c1-10-3-4-11(16(18)19)7-17(10)8-12-5-14-15(22-9-21-14)6-13(12)20-2/h5-6,10-11H,3-4,7-9H2,1-2H3,(H,18,19). The van der Waals surface area contributed by atoms with Gasteiger partial charge in [-0.2, -0.15) is 0 Å². The van der Waals surface area contributed by atoms with Gasteiger partial charge in [0.2, 0.25) is 6.79 Å². The van der Waals surface area contributed by atoms with Gasteiger partial charge in [-0.1, -0.05) is 0 Å². The second kappa shape index (κ2) is 6.04. The molecular weight excluding hydrogens is 286 g/mol. The Bertz CT molecular complexity index is 574. The number of aliphatic carboxylic acids is 1. The Labute approximate surface area is 129 Å². The van der Waals surface area contributed by atoms with Crippen LogP contribution in [0.5, 0.6) is 17.2 Å². The molecule has 1 aromatic carbocycles. The average molecular weight is 307 g/mol. The minimum Gasteiger partial charge on any atom is -0.496 e. The predicted molar refractivity (Wildman–Crippen MR) is 79.3 cm³/mol. The van der Waals surface area contributed by atoms with Crippen LogP contribution in [0.3, 0.4) is 0 Å². The molecule has 1 N–H and O–H groups in total. The molecule has 2 aliphatic rings. The maximum absolute atomic E-state index is 11.2. The van der Waals surface area contributed by atoms with E-state index in [1.807, 2.05) is 12.1 Å². The van der Waals surface area contributed by atoms with E-state index in [2.05, 4.69) is 11.8 Å². The van der Waals surface area contributed by atoms with Gasteiger partial charge in [0.05, 0.1) is 13.0 Å². The maximum Gasteiger partial charge on any atom is 0.307 e. The highest BCUT2D eigenvalue weighted by Gasteiger charge is 2.30. The van der Waals surface area contributed by atoms with Crippen LogP contribution in [0.2, 0.25) is 0 Å². The molecule has 1 saturated heterocycles. The minimum atomic E-state index is -0.713. The third kappa shape index (κ3) is 2.83. The summed E-state index contributed by atoms with van der Waals surface area (Å²) < 4.78 is 16.2. The molecule has 22 heavy (non-hydrogen) atoms. The molecule has 2 heterocycles. The number of ether oxygens (including phenoxy) is 3. The zero-order valence-electron chi connectivity index (χ0n) is 12.9. The molecule has 0 aromatic heterocycles. The number of hydrogen-bond acceptors (Lipinski definition) is 5. The lowest BCUT2D eigenvalue weighted by Gasteiger charge is -2.36. The highest BCUT2D eigenvalue weighted by molar-refractivity contribution is 5.70. The van der Waals surface area contributed by atoms with Crippen molar-refractivity contribution in [1.82, 2.24) is 4.90 Å². The summed E-state index contributed by atoms with van der Waals surface area (Å²) >= 11 is 0. The summed E-state index contributed by atoms with van der Waals surface area (Å²) in [5, 5.41) is 9.25. The van der Waals surface area contributed by atoms with Gasteiger partial charge in [-0.05, 0) is 25.8 Å². The smallest absolute Gasteiger partial charge is 0.307 e. The molecule has 0 aliphatic carbocycles. The number of nitrogens with zero attached hydrogens (tertiary/aromatic N) is 1. The van der Waals surface area contributed by atoms with Crippen LogP contribution in [0.15, 0.2) is 12.1 Å². The number of likely N-dealkylation sites (tertiary alicyclic amines) is 1. The van der Waals surface area contributed by atoms with Crippen molar-refractivity contribution in [2.24, 2.45) is 5.92 Å². The molecule has 1 aromatic rings. The zero-order valence-corrected chi connectivity index (χ0v) is 12.9. The van der Waals surface area contributed by atoms with Gasteiger partial charge in [-0.25, -0.2) is 0 Å². The second-order valence-corrected chi connectivity index (χ2v) is 5.91. The fourth-order valence-corrected chi connectivity index (χ4v) is 3.10. The molecule has 3 rings (SSSR count). The van der Waals surface area contributed by atoms with E-state index in [4.69, 9.17) is 14.2 Å². The van der Waals surface area contributed by atoms with Crippen LogP contribution in [0.25, 0.3) is 0 Å². The molecule has 0 bridgehead atoms. The highest BCUT2D eigenvalue weighted by Crippen LogP contribution is 2.39. The lowest BCUT2D eigenvalue weighted by atomic mass is 9.93. The van der Waals surface area contributed by atoms with E-state index < -0.39 is 5.97 Å². The van der Waals surface area contributed by atoms with E-state index in [0.717, 1.165) is 29.9 Å². The normalized spacial score (nSPS) is 24.3. The molecule has 2 unspecified atom stereocenters. The molecule has 1 fully saturated rings. The van der Waals surface area contributed by atoms with Crippen LogP contribution in [-0.4, -0.2) is 42.5 Å². The first-order chi connectivity index (χ1) is 10.6. The van der Waals surface area contributed by atoms with Crippen LogP contribution < -0.4 is 14.2 Å². The van der Waals surface area contributed by atoms with Crippen molar-refractivity contribution >= 4 is 5.97 Å². The van der Waals surface area contributed by atoms with Crippen LogP contribution in [0, 0.1) is 5.92 Å². The van der Waals surface area contributed by atoms with Crippen molar-refractivity contribution in [3.8, 4) is 17.2 Å². The third-order valence-corrected chi connectivity index (χ3v) is 4.51. The van der Waals surface area contributed by atoms with Crippen molar-refractivity contribution in [1.29, 1.82) is 0 Å². The van der Waals surface area contributed by atoms with Crippen molar-refractivity contribution in [3.63, 3.8) is 0 Å². The fourth-order valence-electron chi connectivity index (χ4n) is 3.10. The number of methoxy groups -OCH3 is 1. The van der Waals surface area contributed by atoms with Gasteiger partial charge < -0.3 is 19.3 Å². The Morgan fingerprint density at radius 2 is 2.09 bits per heavy atom. The summed E-state index contributed by atoms with van der Waals surface area (Å²) in [4.78, 5) is 13.4. The van der Waals surface area contributed by atoms with Gasteiger partial charge in [0.1, 0.15) is 5.75 Å². The van der Waals surface area contributed by atoms with Crippen LogP contribution >= 0.6 is 0 Å². The molecule has 120 valence electrons. The zero-order chi connectivity index (χ0) is 15.7. The molecule has 0 saturated carbocycles. The SMILES string of the molecule is COc1cc2c(cc1CN1CC(C(=O)O)CCC1C)OCO2. The molecule has 6 nitrogen and oxygen atoms in total. The molecule has 2 aliphatic heterocycles. The summed E-state index contributed by atoms with van der Waals surface area (Å²) in [6.45, 7) is 3.57. The minimum absolute atomic E-state index is 0.225. The van der Waals surface area contributed by atoms with Gasteiger partial charge in [0.25, 0.3) is 0 Å². The van der Waals surface area contributed by atoms with E-state index in [1.54, 1.807) is 7.11 Å². The average Bonchev–Trinajstić information content (AvgIpc) is 2.95. The molecule has 6 heteroatoms. The number of carbonyl (C=O) groups is 1. The Kier molecular flexibility index (Phi) is 4.11. The third-order valence-electron chi connectivity index (χ3n) is 4.51. The van der Waals surface area contributed by atoms with Crippen LogP contribution in [0.1, 0.15) is 25.3 Å². The quantitative estimate of drug-likeness (QED) is 0.919. The topological polar surface area (TPSA) is 68.2 Å². The Morgan fingerprint density at radius 1 is 1.36 bits per heavy atom. The number of benzene rings is 1. The largest absolute Gasteiger partial charge is 0.496 e. The van der Waals surface area contributed by atoms with Gasteiger partial charge in [0, 0.05) is 30.8 Å². The lowest BCUT2D eigenvalue weighted by Crippen LogP contribution is -2.43. The summed E-state index contributed by atoms with van der Waals surface area (Å²) in [5.74, 6) is 1.14. The summed E-state index contributed by atoms with van der Waals surface area (Å²) in [5.41, 5.74) is 0.990. The first kappa shape index (κ1) is 15.0. The number of fused-ring (bicyclic) bond motifs is 1. The van der Waals surface area contributed by atoms with Gasteiger partial charge in [-0.3, -0.25) is 9.69 Å².